The fourth-order valence-corrected chi connectivity index (χ4v) is 3.04. The maximum atomic E-state index is 13.1. The second-order valence-corrected chi connectivity index (χ2v) is 6.66. The lowest BCUT2D eigenvalue weighted by Crippen LogP contribution is -2.47. The van der Waals surface area contributed by atoms with Gasteiger partial charge in [-0.1, -0.05) is 12.1 Å². The summed E-state index contributed by atoms with van der Waals surface area (Å²) in [6, 6.07) is 5.82. The summed E-state index contributed by atoms with van der Waals surface area (Å²) in [5.41, 5.74) is 1.24. The van der Waals surface area contributed by atoms with Crippen LogP contribution >= 0.6 is 0 Å². The minimum Gasteiger partial charge on any atom is -0.339 e. The minimum absolute atomic E-state index is 0.287. The summed E-state index contributed by atoms with van der Waals surface area (Å²) in [6.45, 7) is 1.75. The molecule has 1 fully saturated rings. The van der Waals surface area contributed by atoms with E-state index in [1.807, 2.05) is 0 Å². The Morgan fingerprint density at radius 3 is 2.59 bits per heavy atom. The van der Waals surface area contributed by atoms with Crippen LogP contribution in [0.1, 0.15) is 12.0 Å². The number of carbonyl (C=O) groups excluding carboxylic acids is 1. The molecule has 0 atom stereocenters. The average Bonchev–Trinajstić information content (AvgIpc) is 2.86. The van der Waals surface area contributed by atoms with Gasteiger partial charge in [-0.3, -0.25) is 4.57 Å². The average molecular weight is 370 g/mol. The topological polar surface area (TPSA) is 76.3 Å². The normalized spacial score (nSPS) is 13.7. The molecule has 4 rings (SSSR count). The Bertz CT molecular complexity index is 1070. The number of likely N-dealkylation sites (tertiary alicyclic amines) is 1. The van der Waals surface area contributed by atoms with Crippen LogP contribution in [-0.4, -0.2) is 50.2 Å². The highest BCUT2D eigenvalue weighted by Crippen LogP contribution is 2.17. The standard InChI is InChI=1S/C18H19FN6O2/c1-22(11-12-4-6-13(19)7-5-12)16-20-10-14-15(21-16)25(17(26)23(14)2)18(27)24-8-3-9-24/h4-7,10H,3,8-9,11H2,1-2H3. The van der Waals surface area contributed by atoms with Crippen molar-refractivity contribution in [1.82, 2.24) is 24.0 Å². The quantitative estimate of drug-likeness (QED) is 0.700. The molecular formula is C18H19FN6O2. The van der Waals surface area contributed by atoms with E-state index in [0.29, 0.717) is 31.1 Å². The van der Waals surface area contributed by atoms with Crippen LogP contribution < -0.4 is 10.6 Å². The second-order valence-electron chi connectivity index (χ2n) is 6.66. The molecule has 0 N–H and O–H groups in total. The summed E-state index contributed by atoms with van der Waals surface area (Å²) in [4.78, 5) is 37.4. The highest BCUT2D eigenvalue weighted by Gasteiger charge is 2.27. The van der Waals surface area contributed by atoms with E-state index in [4.69, 9.17) is 0 Å². The SMILES string of the molecule is CN(Cc1ccc(F)cc1)c1ncc2c(n1)n(C(=O)N1CCC1)c(=O)n2C. The number of rotatable bonds is 3. The number of amides is 1. The van der Waals surface area contributed by atoms with Crippen LogP contribution in [-0.2, 0) is 13.6 Å². The second kappa shape index (κ2) is 6.49. The third-order valence-electron chi connectivity index (χ3n) is 4.78. The predicted octanol–water partition coefficient (Wildman–Crippen LogP) is 1.58. The van der Waals surface area contributed by atoms with Gasteiger partial charge in [0.1, 0.15) is 11.3 Å². The Morgan fingerprint density at radius 1 is 1.26 bits per heavy atom. The van der Waals surface area contributed by atoms with Gasteiger partial charge in [0.2, 0.25) is 5.95 Å². The van der Waals surface area contributed by atoms with Crippen molar-refractivity contribution in [3.63, 3.8) is 0 Å². The predicted molar refractivity (Wildman–Crippen MR) is 98.3 cm³/mol. The van der Waals surface area contributed by atoms with Crippen LogP contribution in [0.2, 0.25) is 0 Å². The third-order valence-corrected chi connectivity index (χ3v) is 4.78. The van der Waals surface area contributed by atoms with Gasteiger partial charge >= 0.3 is 11.7 Å². The number of benzene rings is 1. The molecule has 0 aliphatic carbocycles. The van der Waals surface area contributed by atoms with Crippen LogP contribution in [0.5, 0.6) is 0 Å². The summed E-state index contributed by atoms with van der Waals surface area (Å²) >= 11 is 0. The molecule has 0 unspecified atom stereocenters. The molecule has 8 nitrogen and oxygen atoms in total. The Balaban J connectivity index is 1.71. The number of carbonyl (C=O) groups is 1. The van der Waals surface area contributed by atoms with Gasteiger partial charge in [-0.05, 0) is 24.1 Å². The molecule has 1 aliphatic heterocycles. The van der Waals surface area contributed by atoms with E-state index >= 15 is 0 Å². The van der Waals surface area contributed by atoms with Crippen molar-refractivity contribution in [2.45, 2.75) is 13.0 Å². The van der Waals surface area contributed by atoms with E-state index in [2.05, 4.69) is 9.97 Å². The first-order chi connectivity index (χ1) is 13.0. The molecule has 0 bridgehead atoms. The maximum absolute atomic E-state index is 13.1. The molecule has 27 heavy (non-hydrogen) atoms. The first-order valence-electron chi connectivity index (χ1n) is 8.65. The van der Waals surface area contributed by atoms with Gasteiger partial charge < -0.3 is 9.80 Å². The van der Waals surface area contributed by atoms with Crippen molar-refractivity contribution in [3.05, 3.63) is 52.3 Å². The zero-order valence-corrected chi connectivity index (χ0v) is 15.1. The summed E-state index contributed by atoms with van der Waals surface area (Å²) in [7, 11) is 3.39. The molecule has 0 radical (unpaired) electrons. The molecule has 9 heteroatoms. The molecule has 0 spiro atoms. The monoisotopic (exact) mass is 370 g/mol. The van der Waals surface area contributed by atoms with Gasteiger partial charge in [-0.25, -0.2) is 19.0 Å². The van der Waals surface area contributed by atoms with Crippen LogP contribution in [0.25, 0.3) is 11.2 Å². The largest absolute Gasteiger partial charge is 0.339 e. The Labute approximate surface area is 154 Å². The summed E-state index contributed by atoms with van der Waals surface area (Å²) < 4.78 is 15.5. The number of aromatic nitrogens is 4. The van der Waals surface area contributed by atoms with Crippen molar-refractivity contribution in [2.24, 2.45) is 7.05 Å². The number of hydrogen-bond donors (Lipinski definition) is 0. The molecular weight excluding hydrogens is 351 g/mol. The highest BCUT2D eigenvalue weighted by molar-refractivity contribution is 5.87. The molecule has 1 aromatic carbocycles. The fourth-order valence-electron chi connectivity index (χ4n) is 3.04. The van der Waals surface area contributed by atoms with E-state index in [1.165, 1.54) is 16.7 Å². The molecule has 1 aliphatic rings. The third kappa shape index (κ3) is 2.94. The Kier molecular flexibility index (Phi) is 4.14. The van der Waals surface area contributed by atoms with Crippen molar-refractivity contribution >= 4 is 23.1 Å². The lowest BCUT2D eigenvalue weighted by molar-refractivity contribution is 0.169. The molecule has 1 amide bonds. The number of aryl methyl sites for hydroxylation is 1. The molecule has 0 saturated carbocycles. The van der Waals surface area contributed by atoms with E-state index in [-0.39, 0.29) is 17.5 Å². The highest BCUT2D eigenvalue weighted by atomic mass is 19.1. The van der Waals surface area contributed by atoms with Crippen LogP contribution in [0, 0.1) is 5.82 Å². The smallest absolute Gasteiger partial charge is 0.338 e. The number of halogens is 1. The van der Waals surface area contributed by atoms with Crippen LogP contribution in [0.15, 0.2) is 35.3 Å². The lowest BCUT2D eigenvalue weighted by Gasteiger charge is -2.30. The van der Waals surface area contributed by atoms with Gasteiger partial charge in [-0.15, -0.1) is 0 Å². The molecule has 3 heterocycles. The van der Waals surface area contributed by atoms with E-state index in [1.54, 1.807) is 42.2 Å². The van der Waals surface area contributed by atoms with Crippen molar-refractivity contribution in [2.75, 3.05) is 25.0 Å². The van der Waals surface area contributed by atoms with Gasteiger partial charge in [-0.2, -0.15) is 9.55 Å². The number of anilines is 1. The summed E-state index contributed by atoms with van der Waals surface area (Å²) in [6.07, 6.45) is 2.48. The number of nitrogens with zero attached hydrogens (tertiary/aromatic N) is 6. The Hall–Kier alpha value is -3.23. The Morgan fingerprint density at radius 2 is 1.96 bits per heavy atom. The van der Waals surface area contributed by atoms with Crippen molar-refractivity contribution < 1.29 is 9.18 Å². The molecule has 140 valence electrons. The van der Waals surface area contributed by atoms with E-state index in [9.17, 15) is 14.0 Å². The van der Waals surface area contributed by atoms with Gasteiger partial charge in [0.05, 0.1) is 6.20 Å². The van der Waals surface area contributed by atoms with Gasteiger partial charge in [0.15, 0.2) is 5.65 Å². The zero-order chi connectivity index (χ0) is 19.1. The van der Waals surface area contributed by atoms with Crippen molar-refractivity contribution in [3.8, 4) is 0 Å². The van der Waals surface area contributed by atoms with Crippen LogP contribution in [0.3, 0.4) is 0 Å². The molecule has 2 aromatic heterocycles. The maximum Gasteiger partial charge on any atom is 0.338 e. The first kappa shape index (κ1) is 17.2. The number of fused-ring (bicyclic) bond motifs is 1. The van der Waals surface area contributed by atoms with Crippen LogP contribution in [0.4, 0.5) is 15.1 Å². The summed E-state index contributed by atoms with van der Waals surface area (Å²) in [5.74, 6) is 0.0828. The minimum atomic E-state index is -0.436. The number of hydrogen-bond acceptors (Lipinski definition) is 5. The molecule has 3 aromatic rings. The lowest BCUT2D eigenvalue weighted by atomic mass is 10.2. The van der Waals surface area contributed by atoms with Crippen molar-refractivity contribution in [1.29, 1.82) is 0 Å². The van der Waals surface area contributed by atoms with E-state index in [0.717, 1.165) is 16.6 Å². The number of imidazole rings is 1. The first-order valence-corrected chi connectivity index (χ1v) is 8.65. The van der Waals surface area contributed by atoms with E-state index < -0.39 is 5.69 Å². The van der Waals surface area contributed by atoms with Gasteiger partial charge in [0, 0.05) is 33.7 Å². The van der Waals surface area contributed by atoms with Gasteiger partial charge in [0.25, 0.3) is 0 Å². The molecule has 1 saturated heterocycles. The summed E-state index contributed by atoms with van der Waals surface area (Å²) in [5, 5.41) is 0. The zero-order valence-electron chi connectivity index (χ0n) is 15.1. The fraction of sp³-hybridized carbons (Fsp3) is 0.333.